The van der Waals surface area contributed by atoms with Crippen molar-refractivity contribution in [3.05, 3.63) is 101 Å². The maximum Gasteiger partial charge on any atom is 0.146 e. The minimum absolute atomic E-state index is 0.457. The van der Waals surface area contributed by atoms with E-state index in [1.807, 2.05) is 48.5 Å². The molecule has 0 aliphatic rings. The van der Waals surface area contributed by atoms with Crippen LogP contribution < -0.4 is 15.4 Å². The second kappa shape index (κ2) is 12.3. The molecule has 3 aromatic carbocycles. The van der Waals surface area contributed by atoms with Crippen molar-refractivity contribution in [2.24, 2.45) is 0 Å². The molecule has 196 valence electrons. The maximum atomic E-state index is 9.79. The number of nitrogens with one attached hydrogen (secondary N) is 2. The molecular formula is C31H28ClN5OS. The van der Waals surface area contributed by atoms with Gasteiger partial charge in [0, 0.05) is 46.7 Å². The van der Waals surface area contributed by atoms with E-state index in [4.69, 9.17) is 16.3 Å². The fraction of sp³-hybridized carbons (Fsp3) is 0.161. The average molecular weight is 554 g/mol. The monoisotopic (exact) mass is 553 g/mol. The number of rotatable bonds is 10. The molecule has 2 N–H and O–H groups in total. The van der Waals surface area contributed by atoms with Gasteiger partial charge in [0.15, 0.2) is 0 Å². The summed E-state index contributed by atoms with van der Waals surface area (Å²) in [4.78, 5) is 9.22. The molecule has 5 rings (SSSR count). The molecule has 0 bridgehead atoms. The number of hydrogen-bond acceptors (Lipinski definition) is 7. The number of fused-ring (bicyclic) bond motifs is 1. The minimum Gasteiger partial charge on any atom is -0.456 e. The first-order chi connectivity index (χ1) is 19.0. The number of thiophene rings is 1. The molecule has 0 saturated carbocycles. The van der Waals surface area contributed by atoms with Gasteiger partial charge >= 0.3 is 0 Å². The van der Waals surface area contributed by atoms with Gasteiger partial charge in [-0.3, -0.25) is 4.98 Å². The molecule has 5 aromatic rings. The summed E-state index contributed by atoms with van der Waals surface area (Å²) in [6.45, 7) is 2.81. The number of pyridine rings is 1. The van der Waals surface area contributed by atoms with Gasteiger partial charge in [-0.25, -0.2) is 0 Å². The molecular weight excluding hydrogens is 526 g/mol. The number of benzene rings is 3. The van der Waals surface area contributed by atoms with E-state index in [1.54, 1.807) is 23.6 Å². The van der Waals surface area contributed by atoms with Gasteiger partial charge in [0.25, 0.3) is 0 Å². The predicted octanol–water partition coefficient (Wildman–Crippen LogP) is 7.68. The number of anilines is 2. The Hall–Kier alpha value is -3.93. The van der Waals surface area contributed by atoms with E-state index in [0.717, 1.165) is 41.8 Å². The second-order valence-electron chi connectivity index (χ2n) is 9.32. The van der Waals surface area contributed by atoms with Gasteiger partial charge in [-0.1, -0.05) is 41.9 Å². The molecule has 0 radical (unpaired) electrons. The smallest absolute Gasteiger partial charge is 0.146 e. The first-order valence-corrected chi connectivity index (χ1v) is 13.8. The van der Waals surface area contributed by atoms with Gasteiger partial charge in [0.1, 0.15) is 17.6 Å². The summed E-state index contributed by atoms with van der Waals surface area (Å²) in [6.07, 6.45) is 1.61. The van der Waals surface area contributed by atoms with Crippen molar-refractivity contribution < 1.29 is 4.74 Å². The van der Waals surface area contributed by atoms with Gasteiger partial charge in [-0.05, 0) is 68.2 Å². The molecule has 0 atom stereocenters. The quantitative estimate of drug-likeness (QED) is 0.173. The van der Waals surface area contributed by atoms with Gasteiger partial charge < -0.3 is 20.3 Å². The van der Waals surface area contributed by atoms with E-state index < -0.39 is 0 Å². The third kappa shape index (κ3) is 6.56. The van der Waals surface area contributed by atoms with Crippen LogP contribution in [0.2, 0.25) is 5.02 Å². The fourth-order valence-electron chi connectivity index (χ4n) is 4.13. The molecule has 0 spiro atoms. The van der Waals surface area contributed by atoms with Crippen molar-refractivity contribution in [2.75, 3.05) is 32.5 Å². The summed E-state index contributed by atoms with van der Waals surface area (Å²) >= 11 is 8.31. The average Bonchev–Trinajstić information content (AvgIpc) is 3.42. The van der Waals surface area contributed by atoms with Crippen molar-refractivity contribution in [1.82, 2.24) is 15.2 Å². The molecule has 0 amide bonds. The number of nitrogens with zero attached hydrogens (tertiary/aromatic N) is 3. The molecule has 6 nitrogen and oxygen atoms in total. The Bertz CT molecular complexity index is 1630. The van der Waals surface area contributed by atoms with Gasteiger partial charge in [-0.15, -0.1) is 11.3 Å². The number of para-hydroxylation sites is 1. The van der Waals surface area contributed by atoms with Crippen LogP contribution in [0.5, 0.6) is 11.5 Å². The van der Waals surface area contributed by atoms with E-state index in [0.29, 0.717) is 27.8 Å². The van der Waals surface area contributed by atoms with E-state index in [1.165, 1.54) is 9.75 Å². The third-order valence-electron chi connectivity index (χ3n) is 6.14. The maximum absolute atomic E-state index is 9.79. The molecule has 0 aliphatic carbocycles. The number of aromatic nitrogens is 1. The molecule has 2 heterocycles. The minimum atomic E-state index is 0.457. The van der Waals surface area contributed by atoms with Crippen molar-refractivity contribution in [1.29, 1.82) is 5.26 Å². The molecule has 39 heavy (non-hydrogen) atoms. The number of halogens is 1. The SMILES string of the molecule is CN(C)CCNCc1ccc(-c2ccc3c(Nc4ccc(Oc5ccccc5)c(Cl)c4)c(C#N)cnc3c2)s1. The first-order valence-electron chi connectivity index (χ1n) is 12.6. The highest BCUT2D eigenvalue weighted by atomic mass is 35.5. The van der Waals surface area contributed by atoms with Crippen molar-refractivity contribution in [3.63, 3.8) is 0 Å². The lowest BCUT2D eigenvalue weighted by molar-refractivity contribution is 0.400. The highest BCUT2D eigenvalue weighted by Crippen LogP contribution is 2.36. The van der Waals surface area contributed by atoms with Crippen LogP contribution in [-0.2, 0) is 6.54 Å². The lowest BCUT2D eigenvalue weighted by Gasteiger charge is -2.14. The van der Waals surface area contributed by atoms with Crippen LogP contribution in [0.1, 0.15) is 10.4 Å². The highest BCUT2D eigenvalue weighted by molar-refractivity contribution is 7.15. The molecule has 8 heteroatoms. The molecule has 2 aromatic heterocycles. The van der Waals surface area contributed by atoms with Gasteiger partial charge in [0.2, 0.25) is 0 Å². The Morgan fingerprint density at radius 1 is 1.03 bits per heavy atom. The standard InChI is InChI=1S/C31H28ClN5OS/c1-37(2)15-14-34-20-25-10-13-30(39-25)21-8-11-26-28(16-21)35-19-22(18-33)31(26)36-23-9-12-29(27(32)17-23)38-24-6-4-3-5-7-24/h3-13,16-17,19,34H,14-15,20H2,1-2H3,(H,35,36). The second-order valence-corrected chi connectivity index (χ2v) is 10.9. The molecule has 0 aliphatic heterocycles. The predicted molar refractivity (Wildman–Crippen MR) is 161 cm³/mol. The van der Waals surface area contributed by atoms with Crippen molar-refractivity contribution >= 4 is 45.2 Å². The summed E-state index contributed by atoms with van der Waals surface area (Å²) in [5.74, 6) is 1.27. The van der Waals surface area contributed by atoms with Crippen LogP contribution in [0.4, 0.5) is 11.4 Å². The summed E-state index contributed by atoms with van der Waals surface area (Å²) in [5, 5.41) is 18.0. The number of likely N-dealkylation sites (N-methyl/N-ethyl adjacent to an activating group) is 1. The van der Waals surface area contributed by atoms with Gasteiger partial charge in [-0.2, -0.15) is 5.26 Å². The lowest BCUT2D eigenvalue weighted by Crippen LogP contribution is -2.25. The van der Waals surface area contributed by atoms with E-state index in [2.05, 4.69) is 64.9 Å². The summed E-state index contributed by atoms with van der Waals surface area (Å²) in [6, 6.07) is 27.7. The highest BCUT2D eigenvalue weighted by Gasteiger charge is 2.13. The zero-order valence-corrected chi connectivity index (χ0v) is 23.3. The Kier molecular flexibility index (Phi) is 8.40. The fourth-order valence-corrected chi connectivity index (χ4v) is 5.32. The Morgan fingerprint density at radius 2 is 1.87 bits per heavy atom. The van der Waals surface area contributed by atoms with Gasteiger partial charge in [0.05, 0.1) is 21.8 Å². The van der Waals surface area contributed by atoms with E-state index >= 15 is 0 Å². The summed E-state index contributed by atoms with van der Waals surface area (Å²) < 4.78 is 5.90. The molecule has 0 fully saturated rings. The van der Waals surface area contributed by atoms with Crippen LogP contribution in [0.3, 0.4) is 0 Å². The van der Waals surface area contributed by atoms with Crippen LogP contribution in [0, 0.1) is 11.3 Å². The molecule has 0 saturated heterocycles. The van der Waals surface area contributed by atoms with Crippen LogP contribution in [0.15, 0.2) is 85.1 Å². The van der Waals surface area contributed by atoms with Crippen molar-refractivity contribution in [3.8, 4) is 28.0 Å². The number of ether oxygens (including phenoxy) is 1. The Morgan fingerprint density at radius 3 is 2.64 bits per heavy atom. The normalized spacial score (nSPS) is 11.1. The third-order valence-corrected chi connectivity index (χ3v) is 7.57. The molecule has 0 unspecified atom stereocenters. The zero-order chi connectivity index (χ0) is 27.2. The van der Waals surface area contributed by atoms with Crippen LogP contribution in [0.25, 0.3) is 21.3 Å². The topological polar surface area (TPSA) is 73.2 Å². The van der Waals surface area contributed by atoms with Crippen molar-refractivity contribution in [2.45, 2.75) is 6.54 Å². The summed E-state index contributed by atoms with van der Waals surface area (Å²) in [7, 11) is 4.15. The Balaban J connectivity index is 1.36. The number of hydrogen-bond donors (Lipinski definition) is 2. The van der Waals surface area contributed by atoms with E-state index in [-0.39, 0.29) is 0 Å². The zero-order valence-electron chi connectivity index (χ0n) is 21.7. The first kappa shape index (κ1) is 26.7. The summed E-state index contributed by atoms with van der Waals surface area (Å²) in [5.41, 5.74) is 3.80. The van der Waals surface area contributed by atoms with Crippen LogP contribution >= 0.6 is 22.9 Å². The lowest BCUT2D eigenvalue weighted by atomic mass is 10.1. The Labute approximate surface area is 237 Å². The van der Waals surface area contributed by atoms with E-state index in [9.17, 15) is 5.26 Å². The van der Waals surface area contributed by atoms with Crippen LogP contribution in [-0.4, -0.2) is 37.1 Å². The largest absolute Gasteiger partial charge is 0.456 e. The number of nitriles is 1.